The smallest absolute Gasteiger partial charge is 0.0737 e. The third-order valence-corrected chi connectivity index (χ3v) is 9.61. The molecule has 8 atom stereocenters. The number of aliphatic hydroxyl groups is 2. The first-order valence-electron chi connectivity index (χ1n) is 11.2. The van der Waals surface area contributed by atoms with Crippen LogP contribution in [0.25, 0.3) is 0 Å². The lowest BCUT2D eigenvalue weighted by Gasteiger charge is -2.63. The van der Waals surface area contributed by atoms with E-state index in [0.29, 0.717) is 29.1 Å². The molecule has 0 bridgehead atoms. The van der Waals surface area contributed by atoms with Gasteiger partial charge in [-0.25, -0.2) is 0 Å². The van der Waals surface area contributed by atoms with E-state index in [9.17, 15) is 10.2 Å². The predicted molar refractivity (Wildman–Crippen MR) is 107 cm³/mol. The molecule has 0 unspecified atom stereocenters. The summed E-state index contributed by atoms with van der Waals surface area (Å²) in [6.07, 6.45) is 14.2. The minimum Gasteiger partial charge on any atom is -0.393 e. The molecule has 4 fully saturated rings. The van der Waals surface area contributed by atoms with Gasteiger partial charge < -0.3 is 15.1 Å². The Balaban J connectivity index is 1.56. The van der Waals surface area contributed by atoms with Crippen LogP contribution in [-0.4, -0.2) is 35.6 Å². The molecule has 0 amide bonds. The first kappa shape index (κ1) is 19.9. The highest BCUT2D eigenvalue weighted by molar-refractivity contribution is 5.19. The molecular weight excluding hydrogens is 338 g/mol. The largest absolute Gasteiger partial charge is 0.393 e. The Labute approximate surface area is 164 Å². The van der Waals surface area contributed by atoms with Gasteiger partial charge in [0.1, 0.15) is 0 Å². The molecule has 0 saturated heterocycles. The average Bonchev–Trinajstić information content (AvgIpc) is 2.91. The molecule has 4 heteroatoms. The Hall–Kier alpha value is -0.420. The van der Waals surface area contributed by atoms with Gasteiger partial charge in [-0.2, -0.15) is 5.48 Å². The van der Waals surface area contributed by atoms with Crippen LogP contribution in [0.4, 0.5) is 0 Å². The van der Waals surface area contributed by atoms with Crippen molar-refractivity contribution in [3.8, 4) is 0 Å². The molecule has 0 aromatic carbocycles. The number of hydrogen-bond acceptors (Lipinski definition) is 4. The monoisotopic (exact) mass is 377 g/mol. The van der Waals surface area contributed by atoms with E-state index >= 15 is 0 Å². The number of hydrogen-bond donors (Lipinski definition) is 3. The molecular formula is C23H39NO3. The molecule has 4 aliphatic rings. The fourth-order valence-electron chi connectivity index (χ4n) is 7.92. The molecule has 0 aromatic heterocycles. The molecule has 0 radical (unpaired) electrons. The van der Waals surface area contributed by atoms with E-state index in [1.54, 1.807) is 7.11 Å². The van der Waals surface area contributed by atoms with Crippen LogP contribution in [0.3, 0.4) is 0 Å². The van der Waals surface area contributed by atoms with E-state index in [0.717, 1.165) is 51.5 Å². The highest BCUT2D eigenvalue weighted by Gasteiger charge is 2.66. The zero-order valence-electron chi connectivity index (χ0n) is 17.4. The van der Waals surface area contributed by atoms with Gasteiger partial charge in [-0.15, -0.1) is 0 Å². The van der Waals surface area contributed by atoms with Gasteiger partial charge in [0.15, 0.2) is 0 Å². The van der Waals surface area contributed by atoms with E-state index in [2.05, 4.69) is 31.5 Å². The van der Waals surface area contributed by atoms with Crippen molar-refractivity contribution < 1.29 is 15.1 Å². The van der Waals surface area contributed by atoms with Crippen molar-refractivity contribution in [2.45, 2.75) is 83.3 Å². The third kappa shape index (κ3) is 2.94. The minimum atomic E-state index is -0.524. The maximum Gasteiger partial charge on any atom is 0.0737 e. The number of allylic oxidation sites excluding steroid dienone is 1. The Morgan fingerprint density at radius 3 is 2.63 bits per heavy atom. The van der Waals surface area contributed by atoms with Crippen molar-refractivity contribution in [2.75, 3.05) is 13.7 Å². The lowest BCUT2D eigenvalue weighted by atomic mass is 9.43. The number of rotatable bonds is 4. The van der Waals surface area contributed by atoms with Crippen LogP contribution in [-0.2, 0) is 4.84 Å². The molecule has 4 nitrogen and oxygen atoms in total. The van der Waals surface area contributed by atoms with Crippen LogP contribution in [0.15, 0.2) is 12.2 Å². The second kappa shape index (κ2) is 7.12. The summed E-state index contributed by atoms with van der Waals surface area (Å²) in [7, 11) is 1.64. The molecule has 3 N–H and O–H groups in total. The summed E-state index contributed by atoms with van der Waals surface area (Å²) in [6.45, 7) is 5.55. The molecule has 0 spiro atoms. The van der Waals surface area contributed by atoms with E-state index in [4.69, 9.17) is 4.84 Å². The Morgan fingerprint density at radius 1 is 1.04 bits per heavy atom. The van der Waals surface area contributed by atoms with Gasteiger partial charge in [0.05, 0.1) is 18.8 Å². The quantitative estimate of drug-likeness (QED) is 0.396. The number of hydroxylamine groups is 1. The van der Waals surface area contributed by atoms with Crippen molar-refractivity contribution >= 4 is 0 Å². The summed E-state index contributed by atoms with van der Waals surface area (Å²) in [6, 6.07) is 0. The maximum atomic E-state index is 12.1. The second-order valence-electron chi connectivity index (χ2n) is 10.4. The van der Waals surface area contributed by atoms with E-state index in [-0.39, 0.29) is 11.5 Å². The van der Waals surface area contributed by atoms with Gasteiger partial charge in [-0.3, -0.25) is 0 Å². The van der Waals surface area contributed by atoms with Crippen LogP contribution >= 0.6 is 0 Å². The third-order valence-electron chi connectivity index (χ3n) is 9.61. The molecule has 4 aliphatic carbocycles. The SMILES string of the molecule is CONC/C=C/[C@H]1CC[C@]2(O)[C@@H]3CC[C@@H]4C[C@@H](O)CC[C@]4(C)[C@H]3CC[C@]12C. The fraction of sp³-hybridized carbons (Fsp3) is 0.913. The van der Waals surface area contributed by atoms with E-state index in [1.807, 2.05) is 0 Å². The summed E-state index contributed by atoms with van der Waals surface area (Å²) < 4.78 is 0. The highest BCUT2D eigenvalue weighted by atomic mass is 16.6. The van der Waals surface area contributed by atoms with Gasteiger partial charge in [-0.1, -0.05) is 26.0 Å². The first-order valence-corrected chi connectivity index (χ1v) is 11.2. The van der Waals surface area contributed by atoms with Crippen LogP contribution in [0.2, 0.25) is 0 Å². The molecule has 27 heavy (non-hydrogen) atoms. The van der Waals surface area contributed by atoms with Crippen LogP contribution < -0.4 is 5.48 Å². The highest BCUT2D eigenvalue weighted by Crippen LogP contribution is 2.69. The Kier molecular flexibility index (Phi) is 5.24. The molecule has 0 heterocycles. The van der Waals surface area contributed by atoms with Gasteiger partial charge in [-0.05, 0) is 86.9 Å². The number of fused-ring (bicyclic) bond motifs is 5. The summed E-state index contributed by atoms with van der Waals surface area (Å²) in [5, 5.41) is 22.3. The Bertz CT molecular complexity index is 580. The zero-order valence-corrected chi connectivity index (χ0v) is 17.4. The van der Waals surface area contributed by atoms with Gasteiger partial charge in [0.25, 0.3) is 0 Å². The summed E-state index contributed by atoms with van der Waals surface area (Å²) in [5.74, 6) is 2.16. The molecule has 0 aromatic rings. The Morgan fingerprint density at radius 2 is 1.85 bits per heavy atom. The topological polar surface area (TPSA) is 61.7 Å². The van der Waals surface area contributed by atoms with Gasteiger partial charge >= 0.3 is 0 Å². The number of aliphatic hydroxyl groups excluding tert-OH is 1. The van der Waals surface area contributed by atoms with E-state index < -0.39 is 5.60 Å². The first-order chi connectivity index (χ1) is 12.8. The lowest BCUT2D eigenvalue weighted by molar-refractivity contribution is -0.207. The van der Waals surface area contributed by atoms with Crippen LogP contribution in [0.1, 0.15) is 71.6 Å². The molecule has 4 rings (SSSR count). The van der Waals surface area contributed by atoms with Crippen LogP contribution in [0, 0.1) is 34.5 Å². The summed E-state index contributed by atoms with van der Waals surface area (Å²) >= 11 is 0. The number of nitrogens with one attached hydrogen (secondary N) is 1. The summed E-state index contributed by atoms with van der Waals surface area (Å²) in [5.41, 5.74) is 2.67. The van der Waals surface area contributed by atoms with Crippen molar-refractivity contribution in [3.63, 3.8) is 0 Å². The molecule has 0 aliphatic heterocycles. The minimum absolute atomic E-state index is 0.00485. The normalized spacial score (nSPS) is 52.4. The van der Waals surface area contributed by atoms with E-state index in [1.165, 1.54) is 12.8 Å². The second-order valence-corrected chi connectivity index (χ2v) is 10.4. The van der Waals surface area contributed by atoms with Crippen molar-refractivity contribution in [1.29, 1.82) is 0 Å². The molecule has 154 valence electrons. The fourth-order valence-corrected chi connectivity index (χ4v) is 7.92. The summed E-state index contributed by atoms with van der Waals surface area (Å²) in [4.78, 5) is 4.93. The van der Waals surface area contributed by atoms with Crippen molar-refractivity contribution in [2.24, 2.45) is 34.5 Å². The zero-order chi connectivity index (χ0) is 19.3. The molecule has 4 saturated carbocycles. The van der Waals surface area contributed by atoms with Crippen molar-refractivity contribution in [3.05, 3.63) is 12.2 Å². The maximum absolute atomic E-state index is 12.1. The van der Waals surface area contributed by atoms with Gasteiger partial charge in [0.2, 0.25) is 0 Å². The standard InChI is InChI=1S/C23H39NO3/c1-21-11-9-18(25)15-17(21)6-7-20-19(21)10-12-22(2)16(5-4-14-24-27-3)8-13-23(20,22)26/h4-5,16-20,24-26H,6-15H2,1-3H3/b5-4+/t16-,17+,18-,19-,20+,21-,22+,23-/m0/s1. The lowest BCUT2D eigenvalue weighted by Crippen LogP contribution is -2.62. The van der Waals surface area contributed by atoms with Gasteiger partial charge in [0, 0.05) is 12.0 Å². The average molecular weight is 378 g/mol. The van der Waals surface area contributed by atoms with Crippen molar-refractivity contribution in [1.82, 2.24) is 5.48 Å². The van der Waals surface area contributed by atoms with Crippen LogP contribution in [0.5, 0.6) is 0 Å². The predicted octanol–water partition coefficient (Wildman–Crippen LogP) is 3.83.